The quantitative estimate of drug-likeness (QED) is 0.189. The Morgan fingerprint density at radius 1 is 0.891 bits per heavy atom. The minimum absolute atomic E-state index is 0.00602. The number of hydrogen-bond donors (Lipinski definition) is 1. The fourth-order valence-electron chi connectivity index (χ4n) is 5.04. The second kappa shape index (κ2) is 14.8. The Morgan fingerprint density at radius 2 is 1.50 bits per heavy atom. The molecule has 0 spiro atoms. The lowest BCUT2D eigenvalue weighted by Gasteiger charge is -2.35. The Balaban J connectivity index is 1.84. The van der Waals surface area contributed by atoms with E-state index in [0.29, 0.717) is 5.75 Å². The maximum absolute atomic E-state index is 14.6. The van der Waals surface area contributed by atoms with Crippen LogP contribution in [0, 0.1) is 6.92 Å². The lowest BCUT2D eigenvalue weighted by molar-refractivity contribution is -0.140. The predicted molar refractivity (Wildman–Crippen MR) is 183 cm³/mol. The van der Waals surface area contributed by atoms with E-state index in [0.717, 1.165) is 21.0 Å². The van der Waals surface area contributed by atoms with Gasteiger partial charge < -0.3 is 15.0 Å². The molecule has 8 nitrogen and oxygen atoms in total. The summed E-state index contributed by atoms with van der Waals surface area (Å²) in [6.07, 6.45) is 0.222. The van der Waals surface area contributed by atoms with Gasteiger partial charge in [0.15, 0.2) is 0 Å². The highest BCUT2D eigenvalue weighted by Crippen LogP contribution is 2.32. The number of methoxy groups -OCH3 is 1. The average molecular weight is 662 g/mol. The van der Waals surface area contributed by atoms with Crippen LogP contribution in [0.25, 0.3) is 0 Å². The molecule has 0 radical (unpaired) electrons. The van der Waals surface area contributed by atoms with Gasteiger partial charge in [0.1, 0.15) is 18.3 Å². The first kappa shape index (κ1) is 34.5. The summed E-state index contributed by atoms with van der Waals surface area (Å²) < 4.78 is 34.6. The van der Waals surface area contributed by atoms with Gasteiger partial charge in [-0.25, -0.2) is 8.42 Å². The number of nitrogens with one attached hydrogen (secondary N) is 1. The van der Waals surface area contributed by atoms with E-state index in [4.69, 9.17) is 16.3 Å². The molecule has 46 heavy (non-hydrogen) atoms. The number of benzene rings is 4. The van der Waals surface area contributed by atoms with Gasteiger partial charge in [-0.2, -0.15) is 0 Å². The molecular formula is C36H40ClN3O5S. The van der Waals surface area contributed by atoms with Crippen LogP contribution in [0.15, 0.2) is 108 Å². The van der Waals surface area contributed by atoms with Crippen molar-refractivity contribution >= 4 is 39.1 Å². The van der Waals surface area contributed by atoms with Gasteiger partial charge in [-0.05, 0) is 74.7 Å². The molecule has 0 saturated heterocycles. The van der Waals surface area contributed by atoms with Gasteiger partial charge in [0.2, 0.25) is 11.8 Å². The molecule has 1 N–H and O–H groups in total. The number of carbonyl (C=O) groups is 2. The van der Waals surface area contributed by atoms with Gasteiger partial charge in [0, 0.05) is 18.5 Å². The van der Waals surface area contributed by atoms with Crippen molar-refractivity contribution in [2.24, 2.45) is 0 Å². The van der Waals surface area contributed by atoms with E-state index in [2.05, 4.69) is 5.32 Å². The Labute approximate surface area is 277 Å². The van der Waals surface area contributed by atoms with Crippen molar-refractivity contribution in [1.82, 2.24) is 10.2 Å². The fourth-order valence-corrected chi connectivity index (χ4v) is 6.72. The summed E-state index contributed by atoms with van der Waals surface area (Å²) in [6, 6.07) is 28.5. The molecule has 0 aliphatic heterocycles. The molecule has 0 heterocycles. The molecule has 4 aromatic carbocycles. The van der Waals surface area contributed by atoms with E-state index in [-0.39, 0.29) is 34.5 Å². The molecule has 1 atom stereocenters. The Hall–Kier alpha value is -4.34. The molecule has 10 heteroatoms. The van der Waals surface area contributed by atoms with E-state index in [9.17, 15) is 18.0 Å². The first-order chi connectivity index (χ1) is 21.8. The van der Waals surface area contributed by atoms with Crippen molar-refractivity contribution in [3.05, 3.63) is 125 Å². The number of hydrogen-bond acceptors (Lipinski definition) is 5. The van der Waals surface area contributed by atoms with E-state index in [1.165, 1.54) is 36.3 Å². The van der Waals surface area contributed by atoms with Crippen molar-refractivity contribution in [2.45, 2.75) is 57.1 Å². The molecule has 0 bridgehead atoms. The van der Waals surface area contributed by atoms with Crippen LogP contribution < -0.4 is 14.4 Å². The summed E-state index contributed by atoms with van der Waals surface area (Å²) in [4.78, 5) is 30.1. The van der Waals surface area contributed by atoms with Crippen LogP contribution in [-0.4, -0.2) is 50.4 Å². The van der Waals surface area contributed by atoms with Gasteiger partial charge in [0.25, 0.3) is 10.0 Å². The van der Waals surface area contributed by atoms with Crippen molar-refractivity contribution in [3.8, 4) is 5.75 Å². The summed E-state index contributed by atoms with van der Waals surface area (Å²) in [5, 5.41) is 3.22. The smallest absolute Gasteiger partial charge is 0.264 e. The van der Waals surface area contributed by atoms with Crippen LogP contribution in [-0.2, 0) is 32.6 Å². The summed E-state index contributed by atoms with van der Waals surface area (Å²) in [5.74, 6) is -0.542. The Morgan fingerprint density at radius 3 is 2.09 bits per heavy atom. The number of anilines is 1. The van der Waals surface area contributed by atoms with Gasteiger partial charge in [-0.15, -0.1) is 0 Å². The summed E-state index contributed by atoms with van der Waals surface area (Å²) >= 11 is 6.44. The summed E-state index contributed by atoms with van der Waals surface area (Å²) in [7, 11) is -2.79. The highest BCUT2D eigenvalue weighted by atomic mass is 35.5. The molecule has 4 rings (SSSR count). The molecule has 0 aliphatic rings. The minimum Gasteiger partial charge on any atom is -0.495 e. The Kier molecular flexibility index (Phi) is 11.1. The highest BCUT2D eigenvalue weighted by molar-refractivity contribution is 7.92. The number of ether oxygens (including phenoxy) is 1. The zero-order valence-corrected chi connectivity index (χ0v) is 28.3. The summed E-state index contributed by atoms with van der Waals surface area (Å²) in [5.41, 5.74) is 2.23. The first-order valence-corrected chi connectivity index (χ1v) is 16.7. The SMILES string of the molecule is COc1ccc(N(CC(=O)N(Cc2ccccc2C)C(Cc2ccccc2)C(=O)NC(C)(C)C)S(=O)(=O)c2ccccc2)cc1Cl. The second-order valence-corrected chi connectivity index (χ2v) is 14.3. The van der Waals surface area contributed by atoms with Crippen LogP contribution >= 0.6 is 11.6 Å². The van der Waals surface area contributed by atoms with E-state index in [1.54, 1.807) is 24.3 Å². The third-order valence-corrected chi connectivity index (χ3v) is 9.49. The van der Waals surface area contributed by atoms with E-state index in [1.807, 2.05) is 82.3 Å². The second-order valence-electron chi connectivity index (χ2n) is 12.0. The molecule has 0 saturated carbocycles. The van der Waals surface area contributed by atoms with Crippen LogP contribution in [0.2, 0.25) is 5.02 Å². The molecule has 0 aliphatic carbocycles. The van der Waals surface area contributed by atoms with Gasteiger partial charge in [-0.1, -0.05) is 84.4 Å². The van der Waals surface area contributed by atoms with Gasteiger partial charge in [-0.3, -0.25) is 13.9 Å². The number of amides is 2. The molecule has 2 amide bonds. The molecule has 4 aromatic rings. The zero-order chi connectivity index (χ0) is 33.5. The minimum atomic E-state index is -4.25. The van der Waals surface area contributed by atoms with Crippen LogP contribution in [0.4, 0.5) is 5.69 Å². The number of nitrogens with zero attached hydrogens (tertiary/aromatic N) is 2. The summed E-state index contributed by atoms with van der Waals surface area (Å²) in [6.45, 7) is 7.06. The Bertz CT molecular complexity index is 1760. The maximum Gasteiger partial charge on any atom is 0.264 e. The van der Waals surface area contributed by atoms with Gasteiger partial charge >= 0.3 is 0 Å². The van der Waals surface area contributed by atoms with Gasteiger partial charge in [0.05, 0.1) is 22.7 Å². The normalized spacial score (nSPS) is 12.2. The van der Waals surface area contributed by atoms with Crippen molar-refractivity contribution in [1.29, 1.82) is 0 Å². The molecule has 242 valence electrons. The van der Waals surface area contributed by atoms with Crippen LogP contribution in [0.3, 0.4) is 0 Å². The lowest BCUT2D eigenvalue weighted by Crippen LogP contribution is -2.56. The molecule has 0 fully saturated rings. The third kappa shape index (κ3) is 8.68. The number of sulfonamides is 1. The number of aryl methyl sites for hydroxylation is 1. The molecular weight excluding hydrogens is 622 g/mol. The maximum atomic E-state index is 14.6. The van der Waals surface area contributed by atoms with E-state index >= 15 is 0 Å². The predicted octanol–water partition coefficient (Wildman–Crippen LogP) is 6.41. The largest absolute Gasteiger partial charge is 0.495 e. The highest BCUT2D eigenvalue weighted by Gasteiger charge is 2.36. The fraction of sp³-hybridized carbons (Fsp3) is 0.278. The monoisotopic (exact) mass is 661 g/mol. The van der Waals surface area contributed by atoms with Crippen molar-refractivity contribution in [3.63, 3.8) is 0 Å². The number of carbonyl (C=O) groups excluding carboxylic acids is 2. The van der Waals surface area contributed by atoms with Crippen molar-refractivity contribution < 1.29 is 22.7 Å². The van der Waals surface area contributed by atoms with Crippen molar-refractivity contribution in [2.75, 3.05) is 18.0 Å². The number of rotatable bonds is 12. The topological polar surface area (TPSA) is 96.0 Å². The standard InChI is InChI=1S/C36H40ClN3O5S/c1-26-14-12-13-17-28(26)24-39(32(35(42)38-36(2,3)4)22-27-15-8-6-9-16-27)34(41)25-40(29-20-21-33(45-5)31(37)23-29)46(43,44)30-18-10-7-11-19-30/h6-21,23,32H,22,24-25H2,1-5H3,(H,38,42). The van der Waals surface area contributed by atoms with E-state index < -0.39 is 34.1 Å². The molecule has 1 unspecified atom stereocenters. The average Bonchev–Trinajstić information content (AvgIpc) is 3.02. The van der Waals surface area contributed by atoms with Crippen LogP contribution in [0.1, 0.15) is 37.5 Å². The molecule has 0 aromatic heterocycles. The first-order valence-electron chi connectivity index (χ1n) is 14.9. The third-order valence-electron chi connectivity index (χ3n) is 7.40. The number of halogens is 1. The van der Waals surface area contributed by atoms with Crippen LogP contribution in [0.5, 0.6) is 5.75 Å². The lowest BCUT2D eigenvalue weighted by atomic mass is 10.00. The zero-order valence-electron chi connectivity index (χ0n) is 26.7.